The van der Waals surface area contributed by atoms with Crippen LogP contribution in [0.4, 0.5) is 0 Å². The molecule has 0 atom stereocenters. The third-order valence-corrected chi connectivity index (χ3v) is 2.52. The predicted octanol–water partition coefficient (Wildman–Crippen LogP) is 2.87. The van der Waals surface area contributed by atoms with Gasteiger partial charge in [0.1, 0.15) is 5.76 Å². The fourth-order valence-corrected chi connectivity index (χ4v) is 1.81. The van der Waals surface area contributed by atoms with Crippen LogP contribution in [-0.4, -0.2) is 5.97 Å². The SMILES string of the molecule is CC1=C/C(=C\C2=CCCCC2)C(=O)O1. The normalized spacial score (nSPS) is 24.6. The zero-order chi connectivity index (χ0) is 9.97. The highest BCUT2D eigenvalue weighted by Gasteiger charge is 2.17. The van der Waals surface area contributed by atoms with Crippen LogP contribution in [0.1, 0.15) is 32.6 Å². The van der Waals surface area contributed by atoms with Crippen molar-refractivity contribution < 1.29 is 9.53 Å². The molecule has 0 aromatic heterocycles. The van der Waals surface area contributed by atoms with Gasteiger partial charge in [-0.1, -0.05) is 11.6 Å². The van der Waals surface area contributed by atoms with Crippen molar-refractivity contribution in [2.75, 3.05) is 0 Å². The summed E-state index contributed by atoms with van der Waals surface area (Å²) in [5, 5.41) is 0. The summed E-state index contributed by atoms with van der Waals surface area (Å²) in [4.78, 5) is 11.3. The zero-order valence-corrected chi connectivity index (χ0v) is 8.38. The Kier molecular flexibility index (Phi) is 2.53. The second-order valence-electron chi connectivity index (χ2n) is 3.77. The molecule has 14 heavy (non-hydrogen) atoms. The first-order valence-corrected chi connectivity index (χ1v) is 5.07. The third-order valence-electron chi connectivity index (χ3n) is 2.52. The summed E-state index contributed by atoms with van der Waals surface area (Å²) < 4.78 is 4.94. The minimum absolute atomic E-state index is 0.214. The lowest BCUT2D eigenvalue weighted by Crippen LogP contribution is -1.98. The van der Waals surface area contributed by atoms with Crippen molar-refractivity contribution in [2.24, 2.45) is 0 Å². The molecule has 0 N–H and O–H groups in total. The molecule has 0 aromatic rings. The molecule has 0 amide bonds. The van der Waals surface area contributed by atoms with Gasteiger partial charge in [-0.2, -0.15) is 0 Å². The van der Waals surface area contributed by atoms with Crippen molar-refractivity contribution in [3.8, 4) is 0 Å². The van der Waals surface area contributed by atoms with E-state index in [0.717, 1.165) is 12.8 Å². The number of cyclic esters (lactones) is 1. The Morgan fingerprint density at radius 1 is 1.43 bits per heavy atom. The second kappa shape index (κ2) is 3.82. The molecule has 0 saturated carbocycles. The van der Waals surface area contributed by atoms with E-state index in [1.807, 2.05) is 6.08 Å². The average Bonchev–Trinajstić information content (AvgIpc) is 2.47. The van der Waals surface area contributed by atoms with Crippen molar-refractivity contribution in [3.63, 3.8) is 0 Å². The van der Waals surface area contributed by atoms with Gasteiger partial charge in [0.15, 0.2) is 0 Å². The van der Waals surface area contributed by atoms with E-state index in [0.29, 0.717) is 11.3 Å². The molecule has 74 valence electrons. The Hall–Kier alpha value is -1.31. The van der Waals surface area contributed by atoms with E-state index in [-0.39, 0.29) is 5.97 Å². The van der Waals surface area contributed by atoms with Crippen molar-refractivity contribution in [1.82, 2.24) is 0 Å². The standard InChI is InChI=1S/C12H14O2/c1-9-7-11(12(13)14-9)8-10-5-3-2-4-6-10/h5,7-8H,2-4,6H2,1H3/b11-8+. The number of hydrogen-bond donors (Lipinski definition) is 0. The molecule has 0 spiro atoms. The van der Waals surface area contributed by atoms with E-state index in [9.17, 15) is 4.79 Å². The Balaban J connectivity index is 2.17. The number of carbonyl (C=O) groups excluding carboxylic acids is 1. The molecule has 2 nitrogen and oxygen atoms in total. The van der Waals surface area contributed by atoms with Crippen molar-refractivity contribution >= 4 is 5.97 Å². The van der Waals surface area contributed by atoms with E-state index in [2.05, 4.69) is 6.08 Å². The molecule has 0 bridgehead atoms. The van der Waals surface area contributed by atoms with Crippen LogP contribution in [0.25, 0.3) is 0 Å². The topological polar surface area (TPSA) is 26.3 Å². The molecule has 1 heterocycles. The summed E-state index contributed by atoms with van der Waals surface area (Å²) >= 11 is 0. The van der Waals surface area contributed by atoms with Gasteiger partial charge in [-0.3, -0.25) is 0 Å². The first kappa shape index (κ1) is 9.25. The number of rotatable bonds is 1. The van der Waals surface area contributed by atoms with E-state index in [4.69, 9.17) is 4.74 Å². The molecule has 0 aromatic carbocycles. The Labute approximate surface area is 83.9 Å². The summed E-state index contributed by atoms with van der Waals surface area (Å²) in [7, 11) is 0. The average molecular weight is 190 g/mol. The second-order valence-corrected chi connectivity index (χ2v) is 3.77. The van der Waals surface area contributed by atoms with Gasteiger partial charge >= 0.3 is 5.97 Å². The molecule has 0 radical (unpaired) electrons. The van der Waals surface area contributed by atoms with Crippen LogP contribution in [0.2, 0.25) is 0 Å². The molecular formula is C12H14O2. The van der Waals surface area contributed by atoms with Crippen LogP contribution in [0.3, 0.4) is 0 Å². The summed E-state index contributed by atoms with van der Waals surface area (Å²) in [6.45, 7) is 1.80. The Morgan fingerprint density at radius 3 is 2.86 bits per heavy atom. The van der Waals surface area contributed by atoms with Gasteiger partial charge in [-0.25, -0.2) is 4.79 Å². The van der Waals surface area contributed by atoms with E-state index < -0.39 is 0 Å². The van der Waals surface area contributed by atoms with Gasteiger partial charge in [-0.05, 0) is 44.8 Å². The van der Waals surface area contributed by atoms with Crippen molar-refractivity contribution in [1.29, 1.82) is 0 Å². The third kappa shape index (κ3) is 1.95. The molecule has 1 aliphatic heterocycles. The number of allylic oxidation sites excluding steroid dienone is 4. The highest BCUT2D eigenvalue weighted by atomic mass is 16.5. The maximum atomic E-state index is 11.3. The molecule has 0 saturated heterocycles. The van der Waals surface area contributed by atoms with Crippen LogP contribution in [0.15, 0.2) is 35.1 Å². The van der Waals surface area contributed by atoms with Gasteiger partial charge in [0.25, 0.3) is 0 Å². The molecule has 0 fully saturated rings. The molecule has 2 aliphatic rings. The van der Waals surface area contributed by atoms with Crippen LogP contribution in [0, 0.1) is 0 Å². The maximum Gasteiger partial charge on any atom is 0.343 e. The summed E-state index contributed by atoms with van der Waals surface area (Å²) in [5.74, 6) is 0.478. The highest BCUT2D eigenvalue weighted by molar-refractivity contribution is 5.95. The lowest BCUT2D eigenvalue weighted by Gasteiger charge is -2.08. The van der Waals surface area contributed by atoms with Crippen molar-refractivity contribution in [2.45, 2.75) is 32.6 Å². The van der Waals surface area contributed by atoms with Crippen LogP contribution in [0.5, 0.6) is 0 Å². The predicted molar refractivity (Wildman–Crippen MR) is 54.5 cm³/mol. The first-order valence-electron chi connectivity index (χ1n) is 5.07. The van der Waals surface area contributed by atoms with Gasteiger partial charge < -0.3 is 4.74 Å². The smallest absolute Gasteiger partial charge is 0.343 e. The monoisotopic (exact) mass is 190 g/mol. The number of hydrogen-bond acceptors (Lipinski definition) is 2. The summed E-state index contributed by atoms with van der Waals surface area (Å²) in [6, 6.07) is 0. The van der Waals surface area contributed by atoms with Crippen LogP contribution >= 0.6 is 0 Å². The lowest BCUT2D eigenvalue weighted by molar-refractivity contribution is -0.133. The lowest BCUT2D eigenvalue weighted by atomic mass is 9.98. The number of ether oxygens (including phenoxy) is 1. The minimum atomic E-state index is -0.214. The van der Waals surface area contributed by atoms with Gasteiger partial charge in [0.2, 0.25) is 0 Å². The number of carbonyl (C=O) groups is 1. The summed E-state index contributed by atoms with van der Waals surface area (Å²) in [6.07, 6.45) is 10.7. The first-order chi connectivity index (χ1) is 6.75. The largest absolute Gasteiger partial charge is 0.428 e. The maximum absolute atomic E-state index is 11.3. The molecule has 1 aliphatic carbocycles. The fourth-order valence-electron chi connectivity index (χ4n) is 1.81. The van der Waals surface area contributed by atoms with Gasteiger partial charge in [0, 0.05) is 0 Å². The van der Waals surface area contributed by atoms with Crippen LogP contribution in [-0.2, 0) is 9.53 Å². The molecule has 2 rings (SSSR count). The van der Waals surface area contributed by atoms with E-state index >= 15 is 0 Å². The quantitative estimate of drug-likeness (QED) is 0.469. The van der Waals surface area contributed by atoms with Crippen LogP contribution < -0.4 is 0 Å². The molecule has 0 unspecified atom stereocenters. The molecular weight excluding hydrogens is 176 g/mol. The Morgan fingerprint density at radius 2 is 2.29 bits per heavy atom. The van der Waals surface area contributed by atoms with Gasteiger partial charge in [0.05, 0.1) is 5.57 Å². The van der Waals surface area contributed by atoms with Crippen molar-refractivity contribution in [3.05, 3.63) is 35.1 Å². The Bertz CT molecular complexity index is 345. The fraction of sp³-hybridized carbons (Fsp3) is 0.417. The highest BCUT2D eigenvalue weighted by Crippen LogP contribution is 2.23. The van der Waals surface area contributed by atoms with Gasteiger partial charge in [-0.15, -0.1) is 0 Å². The minimum Gasteiger partial charge on any atom is -0.428 e. The zero-order valence-electron chi connectivity index (χ0n) is 8.38. The van der Waals surface area contributed by atoms with E-state index in [1.54, 1.807) is 13.0 Å². The number of esters is 1. The van der Waals surface area contributed by atoms with E-state index in [1.165, 1.54) is 18.4 Å². The molecule has 2 heteroatoms. The summed E-state index contributed by atoms with van der Waals surface area (Å²) in [5.41, 5.74) is 1.96.